The summed E-state index contributed by atoms with van der Waals surface area (Å²) in [6.07, 6.45) is 1.45. The maximum atomic E-state index is 11.3. The molecular formula is C11H11ClN4O2. The number of rotatable bonds is 4. The quantitative estimate of drug-likeness (QED) is 0.729. The number of benzene rings is 1. The van der Waals surface area contributed by atoms with E-state index in [2.05, 4.69) is 10.5 Å². The Morgan fingerprint density at radius 2 is 2.28 bits per heavy atom. The molecule has 6 nitrogen and oxygen atoms in total. The molecule has 0 unspecified atom stereocenters. The summed E-state index contributed by atoms with van der Waals surface area (Å²) in [5, 5.41) is 7.04. The standard InChI is InChI=1S/C11H11ClN4O2/c12-9-4-6(13)3-8(11(14)17)10(9)15-5-7-1-2-18-16-7/h1-4,15H,5,13H2,(H2,14,17). The van der Waals surface area contributed by atoms with Crippen molar-refractivity contribution in [3.8, 4) is 0 Å². The summed E-state index contributed by atoms with van der Waals surface area (Å²) in [5.41, 5.74) is 12.6. The number of nitrogens with one attached hydrogen (secondary N) is 1. The van der Waals surface area contributed by atoms with E-state index in [1.165, 1.54) is 12.3 Å². The van der Waals surface area contributed by atoms with Crippen molar-refractivity contribution in [1.29, 1.82) is 0 Å². The van der Waals surface area contributed by atoms with Crippen molar-refractivity contribution in [2.24, 2.45) is 5.73 Å². The van der Waals surface area contributed by atoms with Gasteiger partial charge in [-0.1, -0.05) is 16.8 Å². The van der Waals surface area contributed by atoms with Gasteiger partial charge in [0.15, 0.2) is 0 Å². The van der Waals surface area contributed by atoms with E-state index in [1.807, 2.05) is 0 Å². The van der Waals surface area contributed by atoms with E-state index < -0.39 is 5.91 Å². The molecule has 0 spiro atoms. The molecule has 94 valence electrons. The maximum Gasteiger partial charge on any atom is 0.250 e. The van der Waals surface area contributed by atoms with E-state index in [-0.39, 0.29) is 5.56 Å². The highest BCUT2D eigenvalue weighted by molar-refractivity contribution is 6.34. The average Bonchev–Trinajstić information content (AvgIpc) is 2.79. The average molecular weight is 267 g/mol. The first kappa shape index (κ1) is 12.3. The molecule has 5 N–H and O–H groups in total. The van der Waals surface area contributed by atoms with E-state index in [0.29, 0.717) is 28.6 Å². The van der Waals surface area contributed by atoms with E-state index in [4.69, 9.17) is 27.6 Å². The van der Waals surface area contributed by atoms with Gasteiger partial charge in [-0.05, 0) is 12.1 Å². The van der Waals surface area contributed by atoms with Gasteiger partial charge in [0, 0.05) is 11.8 Å². The summed E-state index contributed by atoms with van der Waals surface area (Å²) in [7, 11) is 0. The van der Waals surface area contributed by atoms with E-state index >= 15 is 0 Å². The molecule has 0 aliphatic heterocycles. The number of primary amides is 1. The largest absolute Gasteiger partial charge is 0.399 e. The summed E-state index contributed by atoms with van der Waals surface area (Å²) < 4.78 is 4.70. The normalized spacial score (nSPS) is 10.3. The first-order valence-corrected chi connectivity index (χ1v) is 5.47. The Labute approximate surface area is 108 Å². The fraction of sp³-hybridized carbons (Fsp3) is 0.0909. The second-order valence-electron chi connectivity index (χ2n) is 3.63. The van der Waals surface area contributed by atoms with Crippen molar-refractivity contribution in [3.05, 3.63) is 40.7 Å². The van der Waals surface area contributed by atoms with Gasteiger partial charge in [0.1, 0.15) is 12.0 Å². The van der Waals surface area contributed by atoms with E-state index in [9.17, 15) is 4.79 Å². The maximum absolute atomic E-state index is 11.3. The predicted octanol–water partition coefficient (Wildman–Crippen LogP) is 1.62. The Hall–Kier alpha value is -2.21. The first-order chi connectivity index (χ1) is 8.58. The molecule has 2 aromatic rings. The molecule has 2 rings (SSSR count). The summed E-state index contributed by atoms with van der Waals surface area (Å²) in [6.45, 7) is 0.362. The van der Waals surface area contributed by atoms with Crippen LogP contribution in [-0.4, -0.2) is 11.1 Å². The lowest BCUT2D eigenvalue weighted by Gasteiger charge is -2.11. The molecular weight excluding hydrogens is 256 g/mol. The summed E-state index contributed by atoms with van der Waals surface area (Å²) in [4.78, 5) is 11.3. The van der Waals surface area contributed by atoms with Crippen LogP contribution in [0.2, 0.25) is 5.02 Å². The topological polar surface area (TPSA) is 107 Å². The molecule has 0 saturated carbocycles. The Balaban J connectivity index is 2.28. The van der Waals surface area contributed by atoms with Gasteiger partial charge in [-0.2, -0.15) is 0 Å². The Morgan fingerprint density at radius 3 is 2.89 bits per heavy atom. The van der Waals surface area contributed by atoms with Crippen LogP contribution >= 0.6 is 11.6 Å². The lowest BCUT2D eigenvalue weighted by atomic mass is 10.1. The highest BCUT2D eigenvalue weighted by atomic mass is 35.5. The molecule has 0 radical (unpaired) electrons. The van der Waals surface area contributed by atoms with Gasteiger partial charge in [0.2, 0.25) is 0 Å². The minimum Gasteiger partial charge on any atom is -0.399 e. The number of amides is 1. The summed E-state index contributed by atoms with van der Waals surface area (Å²) in [6, 6.07) is 4.71. The van der Waals surface area contributed by atoms with Crippen molar-refractivity contribution < 1.29 is 9.32 Å². The van der Waals surface area contributed by atoms with Crippen LogP contribution in [0.5, 0.6) is 0 Å². The minimum atomic E-state index is -0.605. The SMILES string of the molecule is NC(=O)c1cc(N)cc(Cl)c1NCc1ccon1. The number of hydrogen-bond acceptors (Lipinski definition) is 5. The number of nitrogens with zero attached hydrogens (tertiary/aromatic N) is 1. The number of nitrogens with two attached hydrogens (primary N) is 2. The van der Waals surface area contributed by atoms with E-state index in [0.717, 1.165) is 0 Å². The van der Waals surface area contributed by atoms with Gasteiger partial charge in [0.05, 0.1) is 22.8 Å². The van der Waals surface area contributed by atoms with Crippen molar-refractivity contribution in [2.45, 2.75) is 6.54 Å². The van der Waals surface area contributed by atoms with Gasteiger partial charge in [-0.3, -0.25) is 4.79 Å². The zero-order valence-electron chi connectivity index (χ0n) is 9.31. The molecule has 0 aliphatic carbocycles. The first-order valence-electron chi connectivity index (χ1n) is 5.10. The molecule has 1 aromatic carbocycles. The van der Waals surface area contributed by atoms with Gasteiger partial charge in [-0.25, -0.2) is 0 Å². The molecule has 1 aromatic heterocycles. The molecule has 18 heavy (non-hydrogen) atoms. The molecule has 0 bridgehead atoms. The molecule has 0 atom stereocenters. The number of hydrogen-bond donors (Lipinski definition) is 3. The Bertz CT molecular complexity index is 569. The van der Waals surface area contributed by atoms with Crippen molar-refractivity contribution in [3.63, 3.8) is 0 Å². The van der Waals surface area contributed by atoms with Gasteiger partial charge < -0.3 is 21.3 Å². The molecule has 7 heteroatoms. The van der Waals surface area contributed by atoms with Crippen LogP contribution in [0.4, 0.5) is 11.4 Å². The third kappa shape index (κ3) is 2.54. The second-order valence-corrected chi connectivity index (χ2v) is 4.04. The summed E-state index contributed by atoms with van der Waals surface area (Å²) >= 11 is 6.02. The zero-order valence-corrected chi connectivity index (χ0v) is 10.1. The van der Waals surface area contributed by atoms with Crippen molar-refractivity contribution in [2.75, 3.05) is 11.1 Å². The number of halogens is 1. The fourth-order valence-electron chi connectivity index (χ4n) is 1.51. The molecule has 0 fully saturated rings. The second kappa shape index (κ2) is 4.97. The van der Waals surface area contributed by atoms with Crippen LogP contribution in [-0.2, 0) is 6.54 Å². The van der Waals surface area contributed by atoms with Crippen LogP contribution in [0.15, 0.2) is 29.0 Å². The van der Waals surface area contributed by atoms with E-state index in [1.54, 1.807) is 12.1 Å². The van der Waals surface area contributed by atoms with Crippen LogP contribution in [0.25, 0.3) is 0 Å². The van der Waals surface area contributed by atoms with Crippen LogP contribution in [0, 0.1) is 0 Å². The third-order valence-corrected chi connectivity index (χ3v) is 2.61. The van der Waals surface area contributed by atoms with Gasteiger partial charge >= 0.3 is 0 Å². The number of carbonyl (C=O) groups excluding carboxylic acids is 1. The van der Waals surface area contributed by atoms with Crippen molar-refractivity contribution in [1.82, 2.24) is 5.16 Å². The summed E-state index contributed by atoms with van der Waals surface area (Å²) in [5.74, 6) is -0.605. The Kier molecular flexibility index (Phi) is 3.38. The molecule has 0 aliphatic rings. The zero-order chi connectivity index (χ0) is 13.1. The highest BCUT2D eigenvalue weighted by Crippen LogP contribution is 2.29. The lowest BCUT2D eigenvalue weighted by Crippen LogP contribution is -2.15. The number of carbonyl (C=O) groups is 1. The number of nitrogen functional groups attached to an aromatic ring is 1. The van der Waals surface area contributed by atoms with Crippen LogP contribution < -0.4 is 16.8 Å². The predicted molar refractivity (Wildman–Crippen MR) is 68.2 cm³/mol. The number of anilines is 2. The third-order valence-electron chi connectivity index (χ3n) is 2.32. The Morgan fingerprint density at radius 1 is 1.50 bits per heavy atom. The van der Waals surface area contributed by atoms with Crippen LogP contribution in [0.1, 0.15) is 16.1 Å². The van der Waals surface area contributed by atoms with Crippen molar-refractivity contribution >= 4 is 28.9 Å². The molecule has 1 heterocycles. The monoisotopic (exact) mass is 266 g/mol. The lowest BCUT2D eigenvalue weighted by molar-refractivity contribution is 0.100. The smallest absolute Gasteiger partial charge is 0.250 e. The van der Waals surface area contributed by atoms with Crippen LogP contribution in [0.3, 0.4) is 0 Å². The molecule has 1 amide bonds. The minimum absolute atomic E-state index is 0.239. The van der Waals surface area contributed by atoms with Gasteiger partial charge in [0.25, 0.3) is 5.91 Å². The highest BCUT2D eigenvalue weighted by Gasteiger charge is 2.13. The van der Waals surface area contributed by atoms with Gasteiger partial charge in [-0.15, -0.1) is 0 Å². The fourth-order valence-corrected chi connectivity index (χ4v) is 1.80. The molecule has 0 saturated heterocycles. The number of aromatic nitrogens is 1.